The SMILES string of the molecule is CCCc1nc(CC)c(C(=O)OCC2OC(=O)OC2c2ccccc2)n1Cc1ccc(-c2ccccc2-c2nnnn2C(c2ccccc2)(c2ccccc2)c2ccccc2)cc1. The summed E-state index contributed by atoms with van der Waals surface area (Å²) >= 11 is 0. The molecule has 1 aliphatic rings. The summed E-state index contributed by atoms with van der Waals surface area (Å²) in [4.78, 5) is 31.1. The van der Waals surface area contributed by atoms with Gasteiger partial charge in [-0.3, -0.25) is 0 Å². The Labute approximate surface area is 365 Å². The molecule has 0 radical (unpaired) electrons. The van der Waals surface area contributed by atoms with Crippen molar-refractivity contribution in [3.63, 3.8) is 0 Å². The molecule has 0 saturated carbocycles. The minimum atomic E-state index is -0.907. The highest BCUT2D eigenvalue weighted by atomic mass is 16.8. The summed E-state index contributed by atoms with van der Waals surface area (Å²) in [5.41, 5.74) is 7.73. The summed E-state index contributed by atoms with van der Waals surface area (Å²) in [6.07, 6.45) is -0.199. The topological polar surface area (TPSA) is 123 Å². The van der Waals surface area contributed by atoms with Gasteiger partial charge < -0.3 is 18.8 Å². The Morgan fingerprint density at radius 1 is 0.698 bits per heavy atom. The maximum absolute atomic E-state index is 14.0. The maximum Gasteiger partial charge on any atom is 0.509 e. The lowest BCUT2D eigenvalue weighted by Gasteiger charge is -2.36. The number of aromatic nitrogens is 6. The molecule has 2 aromatic heterocycles. The summed E-state index contributed by atoms with van der Waals surface area (Å²) < 4.78 is 20.7. The van der Waals surface area contributed by atoms with Gasteiger partial charge >= 0.3 is 12.1 Å². The van der Waals surface area contributed by atoms with Gasteiger partial charge in [0.25, 0.3) is 0 Å². The van der Waals surface area contributed by atoms with E-state index >= 15 is 0 Å². The van der Waals surface area contributed by atoms with Crippen LogP contribution in [0.1, 0.15) is 76.2 Å². The minimum absolute atomic E-state index is 0.165. The van der Waals surface area contributed by atoms with Gasteiger partial charge in [0.1, 0.15) is 18.0 Å². The molecule has 3 heterocycles. The molecule has 2 unspecified atom stereocenters. The van der Waals surface area contributed by atoms with Crippen molar-refractivity contribution in [1.82, 2.24) is 29.8 Å². The third-order valence-electron chi connectivity index (χ3n) is 11.6. The molecule has 6 aromatic carbocycles. The average Bonchev–Trinajstić information content (AvgIpc) is 4.07. The molecule has 11 nitrogen and oxygen atoms in total. The molecule has 0 N–H and O–H groups in total. The molecule has 11 heteroatoms. The van der Waals surface area contributed by atoms with Gasteiger partial charge in [0.2, 0.25) is 0 Å². The fourth-order valence-corrected chi connectivity index (χ4v) is 8.67. The largest absolute Gasteiger partial charge is 0.509 e. The van der Waals surface area contributed by atoms with Crippen LogP contribution in [0.5, 0.6) is 0 Å². The quantitative estimate of drug-likeness (QED) is 0.0734. The number of cyclic esters (lactones) is 2. The first-order valence-corrected chi connectivity index (χ1v) is 21.3. The van der Waals surface area contributed by atoms with Crippen molar-refractivity contribution in [2.24, 2.45) is 0 Å². The Morgan fingerprint density at radius 3 is 1.86 bits per heavy atom. The van der Waals surface area contributed by atoms with E-state index in [1.165, 1.54) is 0 Å². The maximum atomic E-state index is 14.0. The van der Waals surface area contributed by atoms with Gasteiger partial charge in [0.15, 0.2) is 23.7 Å². The van der Waals surface area contributed by atoms with Crippen LogP contribution in [0.4, 0.5) is 4.79 Å². The lowest BCUT2D eigenvalue weighted by atomic mass is 9.77. The predicted octanol–water partition coefficient (Wildman–Crippen LogP) is 10.0. The Morgan fingerprint density at radius 2 is 1.27 bits per heavy atom. The fraction of sp³-hybridized carbons (Fsp3) is 0.192. The van der Waals surface area contributed by atoms with Gasteiger partial charge in [-0.25, -0.2) is 19.3 Å². The molecule has 1 aliphatic heterocycles. The van der Waals surface area contributed by atoms with E-state index in [4.69, 9.17) is 29.5 Å². The summed E-state index contributed by atoms with van der Waals surface area (Å²) in [5, 5.41) is 13.9. The zero-order valence-corrected chi connectivity index (χ0v) is 35.1. The number of imidazole rings is 1. The van der Waals surface area contributed by atoms with E-state index in [0.717, 1.165) is 56.8 Å². The number of nitrogens with zero attached hydrogens (tertiary/aromatic N) is 6. The van der Waals surface area contributed by atoms with Gasteiger partial charge in [0.05, 0.1) is 5.69 Å². The summed E-state index contributed by atoms with van der Waals surface area (Å²) in [5.74, 6) is 0.884. The molecule has 9 rings (SSSR count). The number of hydrogen-bond donors (Lipinski definition) is 0. The molecule has 314 valence electrons. The van der Waals surface area contributed by atoms with Gasteiger partial charge in [-0.2, -0.15) is 0 Å². The number of carbonyl (C=O) groups is 2. The summed E-state index contributed by atoms with van der Waals surface area (Å²) in [6.45, 7) is 4.30. The molecule has 1 saturated heterocycles. The van der Waals surface area contributed by atoms with Crippen molar-refractivity contribution < 1.29 is 23.8 Å². The molecule has 8 aromatic rings. The molecule has 2 atom stereocenters. The third-order valence-corrected chi connectivity index (χ3v) is 11.6. The van der Waals surface area contributed by atoms with Crippen LogP contribution in [0.25, 0.3) is 22.5 Å². The van der Waals surface area contributed by atoms with Crippen LogP contribution >= 0.6 is 0 Å². The Bertz CT molecular complexity index is 2710. The van der Waals surface area contributed by atoms with E-state index in [1.807, 2.05) is 113 Å². The predicted molar refractivity (Wildman–Crippen MR) is 239 cm³/mol. The number of tetrazole rings is 1. The molecule has 1 fully saturated rings. The number of ether oxygens (including phenoxy) is 3. The Hall–Kier alpha value is -7.66. The highest BCUT2D eigenvalue weighted by molar-refractivity contribution is 5.89. The third kappa shape index (κ3) is 7.89. The average molecular weight is 835 g/mol. The van der Waals surface area contributed by atoms with Crippen molar-refractivity contribution >= 4 is 12.1 Å². The first-order chi connectivity index (χ1) is 31.0. The fourth-order valence-electron chi connectivity index (χ4n) is 8.67. The van der Waals surface area contributed by atoms with Crippen LogP contribution in [0, 0.1) is 0 Å². The number of aryl methyl sites for hydroxylation is 2. The van der Waals surface area contributed by atoms with E-state index in [2.05, 4.69) is 84.9 Å². The number of hydrogen-bond acceptors (Lipinski definition) is 9. The van der Waals surface area contributed by atoms with Gasteiger partial charge in [-0.15, -0.1) is 5.10 Å². The monoisotopic (exact) mass is 834 g/mol. The highest BCUT2D eigenvalue weighted by Gasteiger charge is 2.42. The van der Waals surface area contributed by atoms with Gasteiger partial charge in [-0.1, -0.05) is 184 Å². The summed E-state index contributed by atoms with van der Waals surface area (Å²) in [6, 6.07) is 56.9. The minimum Gasteiger partial charge on any atom is -0.457 e. The molecule has 0 bridgehead atoms. The first-order valence-electron chi connectivity index (χ1n) is 21.3. The number of carbonyl (C=O) groups excluding carboxylic acids is 2. The van der Waals surface area contributed by atoms with Crippen LogP contribution in [-0.2, 0) is 39.1 Å². The zero-order valence-electron chi connectivity index (χ0n) is 35.1. The normalized spacial score (nSPS) is 14.9. The van der Waals surface area contributed by atoms with Gasteiger partial charge in [0, 0.05) is 18.5 Å². The molecule has 0 spiro atoms. The zero-order chi connectivity index (χ0) is 43.2. The molecular formula is C52H46N6O5. The molecule has 63 heavy (non-hydrogen) atoms. The van der Waals surface area contributed by atoms with E-state index < -0.39 is 29.9 Å². The molecule has 0 amide bonds. The van der Waals surface area contributed by atoms with Crippen molar-refractivity contribution in [2.75, 3.05) is 6.61 Å². The second-order valence-electron chi connectivity index (χ2n) is 15.4. The number of rotatable bonds is 15. The Kier molecular flexibility index (Phi) is 11.7. The first kappa shape index (κ1) is 40.7. The number of esters is 1. The Balaban J connectivity index is 1.04. The van der Waals surface area contributed by atoms with E-state index in [0.29, 0.717) is 36.6 Å². The standard InChI is InChI=1S/C52H46N6O5/c1-3-19-46-53-44(4-2)47(50(59)61-35-45-48(63-51(60)62-45)38-20-9-5-10-21-38)57(46)34-36-30-32-37(33-31-36)42-28-17-18-29-43(42)49-54-55-56-58(49)52(39-22-11-6-12-23-39,40-24-13-7-14-25-40)41-26-15-8-16-27-41/h5-18,20-33,45,48H,3-4,19,34-35H2,1-2H3. The van der Waals surface area contributed by atoms with Crippen LogP contribution in [0.2, 0.25) is 0 Å². The second kappa shape index (κ2) is 18.1. The van der Waals surface area contributed by atoms with Crippen LogP contribution < -0.4 is 0 Å². The van der Waals surface area contributed by atoms with Crippen molar-refractivity contribution in [3.05, 3.63) is 215 Å². The number of benzene rings is 6. The summed E-state index contributed by atoms with van der Waals surface area (Å²) in [7, 11) is 0. The van der Waals surface area contributed by atoms with Crippen molar-refractivity contribution in [1.29, 1.82) is 0 Å². The highest BCUT2D eigenvalue weighted by Crippen LogP contribution is 2.43. The molecular weight excluding hydrogens is 789 g/mol. The second-order valence-corrected chi connectivity index (χ2v) is 15.4. The van der Waals surface area contributed by atoms with Crippen LogP contribution in [0.3, 0.4) is 0 Å². The lowest BCUT2D eigenvalue weighted by molar-refractivity contribution is 0.0219. The molecule has 0 aliphatic carbocycles. The van der Waals surface area contributed by atoms with Crippen molar-refractivity contribution in [3.8, 4) is 22.5 Å². The van der Waals surface area contributed by atoms with E-state index in [9.17, 15) is 9.59 Å². The van der Waals surface area contributed by atoms with Gasteiger partial charge in [-0.05, 0) is 62.2 Å². The lowest BCUT2D eigenvalue weighted by Crippen LogP contribution is -2.39. The van der Waals surface area contributed by atoms with Crippen LogP contribution in [-0.4, -0.2) is 54.6 Å². The van der Waals surface area contributed by atoms with Crippen LogP contribution in [0.15, 0.2) is 170 Å². The van der Waals surface area contributed by atoms with E-state index in [1.54, 1.807) is 0 Å². The van der Waals surface area contributed by atoms with E-state index in [-0.39, 0.29) is 6.61 Å². The smallest absolute Gasteiger partial charge is 0.457 e. The van der Waals surface area contributed by atoms with Crippen molar-refractivity contribution in [2.45, 2.75) is 57.4 Å².